The summed E-state index contributed by atoms with van der Waals surface area (Å²) in [5.74, 6) is 1.13. The van der Waals surface area contributed by atoms with Gasteiger partial charge in [-0.1, -0.05) is 6.07 Å². The van der Waals surface area contributed by atoms with Crippen molar-refractivity contribution in [2.45, 2.75) is 6.42 Å². The van der Waals surface area contributed by atoms with Crippen molar-refractivity contribution in [3.8, 4) is 12.3 Å². The summed E-state index contributed by atoms with van der Waals surface area (Å²) in [6, 6.07) is 3.87. The lowest BCUT2D eigenvalue weighted by Crippen LogP contribution is -2.09. The average Bonchev–Trinajstić information content (AvgIpc) is 2.28. The largest absolute Gasteiger partial charge is 0.478 e. The van der Waals surface area contributed by atoms with Crippen LogP contribution in [0.15, 0.2) is 18.2 Å². The van der Waals surface area contributed by atoms with Crippen molar-refractivity contribution in [1.82, 2.24) is 0 Å². The number of para-hydroxylation sites is 1. The number of hydrogen-bond donors (Lipinski definition) is 2. The fraction of sp³-hybridized carbons (Fsp3) is 0.182. The third kappa shape index (κ3) is 2.95. The monoisotopic (exact) mass is 234 g/mol. The van der Waals surface area contributed by atoms with Crippen LogP contribution in [0.4, 0.5) is 11.4 Å². The zero-order valence-electron chi connectivity index (χ0n) is 8.84. The lowest BCUT2D eigenvalue weighted by Gasteiger charge is -2.08. The number of carbonyl (C=O) groups is 1. The zero-order valence-corrected chi connectivity index (χ0v) is 8.84. The van der Waals surface area contributed by atoms with Gasteiger partial charge in [-0.25, -0.2) is 4.79 Å². The van der Waals surface area contributed by atoms with E-state index in [-0.39, 0.29) is 23.5 Å². The number of nitrogens with one attached hydrogen (secondary N) is 1. The minimum absolute atomic E-state index is 0.0137. The molecule has 0 saturated heterocycles. The molecule has 0 amide bonds. The van der Waals surface area contributed by atoms with Crippen LogP contribution < -0.4 is 5.32 Å². The first-order chi connectivity index (χ1) is 8.07. The van der Waals surface area contributed by atoms with E-state index >= 15 is 0 Å². The third-order valence-electron chi connectivity index (χ3n) is 2.04. The molecule has 0 unspecified atom stereocenters. The first-order valence-electron chi connectivity index (χ1n) is 4.76. The molecule has 0 aliphatic carbocycles. The Kier molecular flexibility index (Phi) is 4.06. The second-order valence-electron chi connectivity index (χ2n) is 3.14. The maximum Gasteiger partial charge on any atom is 0.338 e. The number of anilines is 1. The van der Waals surface area contributed by atoms with E-state index in [9.17, 15) is 14.9 Å². The minimum Gasteiger partial charge on any atom is -0.478 e. The number of carboxylic acid groups (broad SMARTS) is 1. The van der Waals surface area contributed by atoms with Gasteiger partial charge >= 0.3 is 5.97 Å². The molecule has 0 aliphatic heterocycles. The van der Waals surface area contributed by atoms with Crippen molar-refractivity contribution < 1.29 is 14.8 Å². The molecular weight excluding hydrogens is 224 g/mol. The molecule has 0 aliphatic rings. The normalized spacial score (nSPS) is 9.35. The van der Waals surface area contributed by atoms with Crippen LogP contribution in [0.25, 0.3) is 0 Å². The molecule has 6 heteroatoms. The molecule has 0 saturated carbocycles. The second-order valence-corrected chi connectivity index (χ2v) is 3.14. The molecule has 1 rings (SSSR count). The highest BCUT2D eigenvalue weighted by Gasteiger charge is 2.20. The van der Waals surface area contributed by atoms with Gasteiger partial charge in [-0.05, 0) is 6.07 Å². The number of benzene rings is 1. The molecular formula is C11H10N2O4. The molecule has 2 N–H and O–H groups in total. The molecule has 0 heterocycles. The van der Waals surface area contributed by atoms with Crippen LogP contribution in [0.2, 0.25) is 0 Å². The molecule has 0 aromatic heterocycles. The number of terminal acetylenes is 1. The molecule has 0 radical (unpaired) electrons. The van der Waals surface area contributed by atoms with Crippen LogP contribution in [-0.4, -0.2) is 22.5 Å². The minimum atomic E-state index is -1.23. The summed E-state index contributed by atoms with van der Waals surface area (Å²) >= 11 is 0. The van der Waals surface area contributed by atoms with E-state index < -0.39 is 10.9 Å². The summed E-state index contributed by atoms with van der Waals surface area (Å²) in [6.07, 6.45) is 5.40. The number of nitrogens with zero attached hydrogens (tertiary/aromatic N) is 1. The van der Waals surface area contributed by atoms with E-state index in [1.54, 1.807) is 0 Å². The van der Waals surface area contributed by atoms with E-state index in [2.05, 4.69) is 11.2 Å². The van der Waals surface area contributed by atoms with Crippen LogP contribution in [0, 0.1) is 22.5 Å². The van der Waals surface area contributed by atoms with Gasteiger partial charge in [-0.15, -0.1) is 12.3 Å². The quantitative estimate of drug-likeness (QED) is 0.350. The first kappa shape index (κ1) is 12.5. The highest BCUT2D eigenvalue weighted by Crippen LogP contribution is 2.28. The number of nitro benzene ring substituents is 1. The Hall–Kier alpha value is -2.55. The maximum atomic E-state index is 10.9. The second kappa shape index (κ2) is 5.51. The first-order valence-corrected chi connectivity index (χ1v) is 4.76. The van der Waals surface area contributed by atoms with Crippen molar-refractivity contribution in [3.63, 3.8) is 0 Å². The topological polar surface area (TPSA) is 92.5 Å². The van der Waals surface area contributed by atoms with Gasteiger partial charge in [0.2, 0.25) is 0 Å². The Morgan fingerprint density at radius 1 is 1.59 bits per heavy atom. The number of nitro groups is 1. The summed E-state index contributed by atoms with van der Waals surface area (Å²) in [6.45, 7) is 0.279. The molecule has 0 atom stereocenters. The predicted octanol–water partition coefficient (Wildman–Crippen LogP) is 1.73. The fourth-order valence-corrected chi connectivity index (χ4v) is 1.32. The van der Waals surface area contributed by atoms with Crippen LogP contribution in [0.5, 0.6) is 0 Å². The molecule has 0 spiro atoms. The van der Waals surface area contributed by atoms with Gasteiger partial charge in [0, 0.05) is 19.0 Å². The van der Waals surface area contributed by atoms with Gasteiger partial charge in [0.25, 0.3) is 5.69 Å². The maximum absolute atomic E-state index is 10.9. The van der Waals surface area contributed by atoms with E-state index in [1.807, 2.05) is 0 Å². The van der Waals surface area contributed by atoms with Crippen LogP contribution in [-0.2, 0) is 0 Å². The van der Waals surface area contributed by atoms with Crippen molar-refractivity contribution in [2.75, 3.05) is 11.9 Å². The van der Waals surface area contributed by atoms with Crippen molar-refractivity contribution in [3.05, 3.63) is 33.9 Å². The highest BCUT2D eigenvalue weighted by atomic mass is 16.6. The molecule has 0 fully saturated rings. The summed E-state index contributed by atoms with van der Waals surface area (Å²) in [7, 11) is 0. The fourth-order valence-electron chi connectivity index (χ4n) is 1.32. The lowest BCUT2D eigenvalue weighted by molar-refractivity contribution is -0.384. The molecule has 1 aromatic rings. The molecule has 1 aromatic carbocycles. The van der Waals surface area contributed by atoms with E-state index in [0.29, 0.717) is 6.42 Å². The SMILES string of the molecule is C#CCCNc1c(C(=O)O)cccc1[N+](=O)[O-]. The smallest absolute Gasteiger partial charge is 0.338 e. The van der Waals surface area contributed by atoms with Gasteiger partial charge in [-0.2, -0.15) is 0 Å². The van der Waals surface area contributed by atoms with E-state index in [4.69, 9.17) is 11.5 Å². The summed E-state index contributed by atoms with van der Waals surface area (Å²) in [5.41, 5.74) is -0.432. The van der Waals surface area contributed by atoms with Crippen molar-refractivity contribution in [2.24, 2.45) is 0 Å². The third-order valence-corrected chi connectivity index (χ3v) is 2.04. The molecule has 17 heavy (non-hydrogen) atoms. The van der Waals surface area contributed by atoms with Gasteiger partial charge in [0.1, 0.15) is 5.69 Å². The Labute approximate surface area is 97.4 Å². The molecule has 6 nitrogen and oxygen atoms in total. The van der Waals surface area contributed by atoms with Crippen molar-refractivity contribution in [1.29, 1.82) is 0 Å². The number of rotatable bonds is 5. The number of aromatic carboxylic acids is 1. The Bertz CT molecular complexity index is 458. The lowest BCUT2D eigenvalue weighted by atomic mass is 10.1. The Morgan fingerprint density at radius 3 is 2.82 bits per heavy atom. The average molecular weight is 234 g/mol. The number of carboxylic acids is 1. The number of hydrogen-bond acceptors (Lipinski definition) is 4. The van der Waals surface area contributed by atoms with Crippen LogP contribution >= 0.6 is 0 Å². The van der Waals surface area contributed by atoms with Crippen molar-refractivity contribution >= 4 is 17.3 Å². The van der Waals surface area contributed by atoms with E-state index in [0.717, 1.165) is 0 Å². The Morgan fingerprint density at radius 2 is 2.29 bits per heavy atom. The van der Waals surface area contributed by atoms with Gasteiger partial charge in [0.15, 0.2) is 0 Å². The zero-order chi connectivity index (χ0) is 12.8. The van der Waals surface area contributed by atoms with Gasteiger partial charge < -0.3 is 10.4 Å². The van der Waals surface area contributed by atoms with Crippen LogP contribution in [0.1, 0.15) is 16.8 Å². The van der Waals surface area contributed by atoms with Crippen LogP contribution in [0.3, 0.4) is 0 Å². The highest BCUT2D eigenvalue weighted by molar-refractivity contribution is 5.96. The van der Waals surface area contributed by atoms with Gasteiger partial charge in [0.05, 0.1) is 10.5 Å². The Balaban J connectivity index is 3.15. The predicted molar refractivity (Wildman–Crippen MR) is 62.0 cm³/mol. The summed E-state index contributed by atoms with van der Waals surface area (Å²) < 4.78 is 0. The summed E-state index contributed by atoms with van der Waals surface area (Å²) in [5, 5.41) is 22.4. The molecule has 0 bridgehead atoms. The van der Waals surface area contributed by atoms with E-state index in [1.165, 1.54) is 18.2 Å². The standard InChI is InChI=1S/C11H10N2O4/c1-2-3-7-12-10-8(11(14)15)5-4-6-9(10)13(16)17/h1,4-6,12H,3,7H2,(H,14,15). The summed E-state index contributed by atoms with van der Waals surface area (Å²) in [4.78, 5) is 21.1. The molecule has 88 valence electrons. The van der Waals surface area contributed by atoms with Gasteiger partial charge in [-0.3, -0.25) is 10.1 Å².